The molecule has 1 heterocycles. The van der Waals surface area contributed by atoms with E-state index in [2.05, 4.69) is 26.3 Å². The minimum atomic E-state index is -0.306. The van der Waals surface area contributed by atoms with Gasteiger partial charge in [-0.1, -0.05) is 29.3 Å². The van der Waals surface area contributed by atoms with Gasteiger partial charge < -0.3 is 14.8 Å². The molecule has 6 nitrogen and oxygen atoms in total. The molecule has 158 valence electrons. The van der Waals surface area contributed by atoms with Gasteiger partial charge >= 0.3 is 0 Å². The summed E-state index contributed by atoms with van der Waals surface area (Å²) < 4.78 is 13.5. The molecule has 0 saturated heterocycles. The van der Waals surface area contributed by atoms with Gasteiger partial charge in [0.05, 0.1) is 34.3 Å². The van der Waals surface area contributed by atoms with Crippen molar-refractivity contribution in [3.63, 3.8) is 0 Å². The molecule has 0 radical (unpaired) electrons. The number of benzene rings is 2. The first-order valence-electron chi connectivity index (χ1n) is 9.29. The summed E-state index contributed by atoms with van der Waals surface area (Å²) in [7, 11) is 0. The van der Waals surface area contributed by atoms with Gasteiger partial charge in [-0.05, 0) is 65.7 Å². The standard InChI is InChI=1S/C21H20BrCl2N3O3/c1-3-29-18-8-6-14(10-19(18)30-4-2)21(28)25-20-15(22)12-27(26-20)11-13-5-7-16(23)17(24)9-13/h5-10,12H,3-4,11H2,1-2H3,(H,25,26,28). The first kappa shape index (κ1) is 22.5. The lowest BCUT2D eigenvalue weighted by molar-refractivity contribution is 0.102. The van der Waals surface area contributed by atoms with Crippen molar-refractivity contribution in [1.82, 2.24) is 9.78 Å². The molecule has 30 heavy (non-hydrogen) atoms. The van der Waals surface area contributed by atoms with Crippen molar-refractivity contribution in [3.8, 4) is 11.5 Å². The van der Waals surface area contributed by atoms with Crippen molar-refractivity contribution in [2.24, 2.45) is 0 Å². The van der Waals surface area contributed by atoms with Crippen LogP contribution in [0, 0.1) is 0 Å². The molecule has 0 bridgehead atoms. The maximum Gasteiger partial charge on any atom is 0.257 e. The summed E-state index contributed by atoms with van der Waals surface area (Å²) in [6.45, 7) is 5.22. The highest BCUT2D eigenvalue weighted by atomic mass is 79.9. The molecule has 3 rings (SSSR count). The van der Waals surface area contributed by atoms with Gasteiger partial charge in [0.15, 0.2) is 17.3 Å². The lowest BCUT2D eigenvalue weighted by Gasteiger charge is -2.12. The highest BCUT2D eigenvalue weighted by Crippen LogP contribution is 2.29. The Hall–Kier alpha value is -2.22. The van der Waals surface area contributed by atoms with Crippen molar-refractivity contribution < 1.29 is 14.3 Å². The third-order valence-corrected chi connectivity index (χ3v) is 5.40. The molecule has 2 aromatic carbocycles. The van der Waals surface area contributed by atoms with Gasteiger partial charge in [0, 0.05) is 11.8 Å². The Balaban J connectivity index is 1.75. The SMILES string of the molecule is CCOc1ccc(C(=O)Nc2nn(Cc3ccc(Cl)c(Cl)c3)cc2Br)cc1OCC. The number of halogens is 3. The molecule has 0 unspecified atom stereocenters. The number of aromatic nitrogens is 2. The zero-order chi connectivity index (χ0) is 21.7. The Morgan fingerprint density at radius 1 is 1.07 bits per heavy atom. The highest BCUT2D eigenvalue weighted by molar-refractivity contribution is 9.10. The van der Waals surface area contributed by atoms with Crippen molar-refractivity contribution in [2.45, 2.75) is 20.4 Å². The van der Waals surface area contributed by atoms with Gasteiger partial charge in [0.1, 0.15) is 0 Å². The second kappa shape index (κ2) is 10.2. The van der Waals surface area contributed by atoms with Gasteiger partial charge in [0.25, 0.3) is 5.91 Å². The van der Waals surface area contributed by atoms with Crippen LogP contribution in [0.4, 0.5) is 5.82 Å². The van der Waals surface area contributed by atoms with Crippen LogP contribution in [-0.4, -0.2) is 28.9 Å². The number of carbonyl (C=O) groups is 1. The molecular weight excluding hydrogens is 493 g/mol. The van der Waals surface area contributed by atoms with E-state index in [1.807, 2.05) is 19.9 Å². The number of ether oxygens (including phenoxy) is 2. The smallest absolute Gasteiger partial charge is 0.257 e. The number of hydrogen-bond donors (Lipinski definition) is 1. The molecular formula is C21H20BrCl2N3O3. The first-order valence-corrected chi connectivity index (χ1v) is 10.8. The number of hydrogen-bond acceptors (Lipinski definition) is 4. The van der Waals surface area contributed by atoms with Gasteiger partial charge in [0.2, 0.25) is 0 Å². The largest absolute Gasteiger partial charge is 0.490 e. The number of carbonyl (C=O) groups excluding carboxylic acids is 1. The minimum Gasteiger partial charge on any atom is -0.490 e. The first-order chi connectivity index (χ1) is 14.4. The molecule has 9 heteroatoms. The molecule has 0 aliphatic carbocycles. The molecule has 1 amide bonds. The summed E-state index contributed by atoms with van der Waals surface area (Å²) in [6, 6.07) is 10.5. The molecule has 3 aromatic rings. The maximum atomic E-state index is 12.7. The Bertz CT molecular complexity index is 1060. The third kappa shape index (κ3) is 5.47. The Kier molecular flexibility index (Phi) is 7.64. The van der Waals surface area contributed by atoms with E-state index in [-0.39, 0.29) is 5.91 Å². The van der Waals surface area contributed by atoms with Crippen LogP contribution in [0.15, 0.2) is 47.1 Å². The molecule has 0 fully saturated rings. The Morgan fingerprint density at radius 2 is 1.80 bits per heavy atom. The Morgan fingerprint density at radius 3 is 2.50 bits per heavy atom. The monoisotopic (exact) mass is 511 g/mol. The summed E-state index contributed by atoms with van der Waals surface area (Å²) in [6.07, 6.45) is 1.78. The molecule has 0 atom stereocenters. The summed E-state index contributed by atoms with van der Waals surface area (Å²) >= 11 is 15.5. The predicted octanol–water partition coefficient (Wildman–Crippen LogP) is 6.05. The van der Waals surface area contributed by atoms with Gasteiger partial charge in [-0.25, -0.2) is 0 Å². The van der Waals surface area contributed by atoms with Crippen LogP contribution < -0.4 is 14.8 Å². The quantitative estimate of drug-likeness (QED) is 0.399. The highest BCUT2D eigenvalue weighted by Gasteiger charge is 2.15. The summed E-state index contributed by atoms with van der Waals surface area (Å²) in [5.74, 6) is 1.23. The summed E-state index contributed by atoms with van der Waals surface area (Å²) in [4.78, 5) is 12.7. The van der Waals surface area contributed by atoms with Crippen LogP contribution in [0.5, 0.6) is 11.5 Å². The predicted molar refractivity (Wildman–Crippen MR) is 122 cm³/mol. The topological polar surface area (TPSA) is 65.4 Å². The average Bonchev–Trinajstić information content (AvgIpc) is 3.05. The van der Waals surface area contributed by atoms with Gasteiger partial charge in [-0.3, -0.25) is 9.48 Å². The normalized spacial score (nSPS) is 10.7. The number of nitrogens with zero attached hydrogens (tertiary/aromatic N) is 2. The van der Waals surface area contributed by atoms with Crippen molar-refractivity contribution in [3.05, 3.63) is 68.2 Å². The van der Waals surface area contributed by atoms with Crippen LogP contribution >= 0.6 is 39.1 Å². The number of anilines is 1. The average molecular weight is 513 g/mol. The maximum absolute atomic E-state index is 12.7. The minimum absolute atomic E-state index is 0.306. The fourth-order valence-electron chi connectivity index (χ4n) is 2.76. The van der Waals surface area contributed by atoms with E-state index in [1.54, 1.807) is 41.2 Å². The molecule has 1 aromatic heterocycles. The van der Waals surface area contributed by atoms with Crippen LogP contribution in [0.2, 0.25) is 10.0 Å². The van der Waals surface area contributed by atoms with Crippen LogP contribution in [-0.2, 0) is 6.54 Å². The van der Waals surface area contributed by atoms with E-state index >= 15 is 0 Å². The number of rotatable bonds is 8. The molecule has 0 aliphatic heterocycles. The second-order valence-corrected chi connectivity index (χ2v) is 7.92. The summed E-state index contributed by atoms with van der Waals surface area (Å²) in [5, 5.41) is 8.22. The van der Waals surface area contributed by atoms with Crippen molar-refractivity contribution in [1.29, 1.82) is 0 Å². The Labute approximate surface area is 193 Å². The van der Waals surface area contributed by atoms with Crippen molar-refractivity contribution >= 4 is 50.9 Å². The van der Waals surface area contributed by atoms with Crippen LogP contribution in [0.1, 0.15) is 29.8 Å². The summed E-state index contributed by atoms with van der Waals surface area (Å²) in [5.41, 5.74) is 1.37. The number of nitrogens with one attached hydrogen (secondary N) is 1. The van der Waals surface area contributed by atoms with Gasteiger partial charge in [-0.15, -0.1) is 0 Å². The second-order valence-electron chi connectivity index (χ2n) is 6.25. The molecule has 1 N–H and O–H groups in total. The molecule has 0 saturated carbocycles. The zero-order valence-electron chi connectivity index (χ0n) is 16.4. The third-order valence-electron chi connectivity index (χ3n) is 4.08. The van der Waals surface area contributed by atoms with Crippen molar-refractivity contribution in [2.75, 3.05) is 18.5 Å². The van der Waals surface area contributed by atoms with E-state index in [1.165, 1.54) is 0 Å². The number of amides is 1. The lowest BCUT2D eigenvalue weighted by atomic mass is 10.2. The van der Waals surface area contributed by atoms with E-state index < -0.39 is 0 Å². The molecule has 0 aliphatic rings. The zero-order valence-corrected chi connectivity index (χ0v) is 19.5. The fraction of sp³-hybridized carbons (Fsp3) is 0.238. The van der Waals surface area contributed by atoms with Crippen LogP contribution in [0.25, 0.3) is 0 Å². The van der Waals surface area contributed by atoms with E-state index in [0.717, 1.165) is 5.56 Å². The fourth-order valence-corrected chi connectivity index (χ4v) is 3.50. The molecule has 0 spiro atoms. The van der Waals surface area contributed by atoms with E-state index in [9.17, 15) is 4.79 Å². The lowest BCUT2D eigenvalue weighted by Crippen LogP contribution is -2.13. The van der Waals surface area contributed by atoms with Crippen LogP contribution in [0.3, 0.4) is 0 Å². The van der Waals surface area contributed by atoms with E-state index in [0.29, 0.717) is 57.2 Å². The van der Waals surface area contributed by atoms with Gasteiger partial charge in [-0.2, -0.15) is 5.10 Å². The van der Waals surface area contributed by atoms with E-state index in [4.69, 9.17) is 32.7 Å².